The molecule has 1 aliphatic rings. The molecular weight excluding hydrogens is 361 g/mol. The third kappa shape index (κ3) is 3.55. The van der Waals surface area contributed by atoms with E-state index in [-0.39, 0.29) is 17.8 Å². The molecule has 0 bridgehead atoms. The summed E-state index contributed by atoms with van der Waals surface area (Å²) in [5, 5.41) is 7.45. The maximum atomic E-state index is 13.7. The number of carbonyl (C=O) groups is 1. The highest BCUT2D eigenvalue weighted by Gasteiger charge is 2.28. The summed E-state index contributed by atoms with van der Waals surface area (Å²) in [6, 6.07) is 10.5. The number of anilines is 1. The minimum Gasteiger partial charge on any atom is -0.383 e. The van der Waals surface area contributed by atoms with Gasteiger partial charge in [-0.25, -0.2) is 13.9 Å². The Morgan fingerprint density at radius 1 is 1.36 bits per heavy atom. The molecule has 1 atom stereocenters. The summed E-state index contributed by atoms with van der Waals surface area (Å²) < 4.78 is 20.2. The maximum Gasteiger partial charge on any atom is 0.271 e. The first kappa shape index (κ1) is 18.4. The second-order valence-electron chi connectivity index (χ2n) is 6.76. The lowest BCUT2D eigenvalue weighted by Gasteiger charge is -2.26. The Kier molecular flexibility index (Phi) is 5.21. The summed E-state index contributed by atoms with van der Waals surface area (Å²) in [5.74, 6) is 0.248. The Labute approximate surface area is 162 Å². The molecule has 3 aromatic rings. The largest absolute Gasteiger partial charge is 0.383 e. The summed E-state index contributed by atoms with van der Waals surface area (Å²) in [4.78, 5) is 18.8. The minimum atomic E-state index is -0.252. The molecule has 1 N–H and O–H groups in total. The number of ether oxygens (including phenoxy) is 1. The smallest absolute Gasteiger partial charge is 0.271 e. The fourth-order valence-corrected chi connectivity index (χ4v) is 3.63. The highest BCUT2D eigenvalue weighted by Crippen LogP contribution is 2.35. The number of methoxy groups -OCH3 is 1. The van der Waals surface area contributed by atoms with Crippen LogP contribution in [-0.2, 0) is 4.74 Å². The number of hydrogen-bond acceptors (Lipinski definition) is 5. The molecule has 0 radical (unpaired) electrons. The SMILES string of the molecule is COCCNC(=O)c1cnc2ccc(N3CCCC3c3cccc(F)c3)nn12. The van der Waals surface area contributed by atoms with Gasteiger partial charge in [-0.3, -0.25) is 4.79 Å². The topological polar surface area (TPSA) is 71.8 Å². The van der Waals surface area contributed by atoms with Gasteiger partial charge in [-0.1, -0.05) is 12.1 Å². The van der Waals surface area contributed by atoms with Crippen molar-refractivity contribution in [2.24, 2.45) is 0 Å². The van der Waals surface area contributed by atoms with E-state index in [1.807, 2.05) is 18.2 Å². The van der Waals surface area contributed by atoms with Crippen molar-refractivity contribution in [1.82, 2.24) is 19.9 Å². The van der Waals surface area contributed by atoms with Gasteiger partial charge in [-0.05, 0) is 42.7 Å². The van der Waals surface area contributed by atoms with E-state index >= 15 is 0 Å². The first-order valence-electron chi connectivity index (χ1n) is 9.31. The van der Waals surface area contributed by atoms with Gasteiger partial charge < -0.3 is 15.0 Å². The number of carbonyl (C=O) groups excluding carboxylic acids is 1. The molecule has 0 saturated carbocycles. The van der Waals surface area contributed by atoms with Crippen LogP contribution in [0, 0.1) is 5.82 Å². The van der Waals surface area contributed by atoms with E-state index < -0.39 is 0 Å². The molecule has 1 aliphatic heterocycles. The number of rotatable bonds is 6. The molecule has 8 heteroatoms. The van der Waals surface area contributed by atoms with Gasteiger partial charge in [-0.2, -0.15) is 0 Å². The predicted octanol–water partition coefficient (Wildman–Crippen LogP) is 2.59. The van der Waals surface area contributed by atoms with E-state index in [0.717, 1.165) is 30.8 Å². The molecular formula is C20H22FN5O2. The lowest BCUT2D eigenvalue weighted by Crippen LogP contribution is -2.29. The zero-order chi connectivity index (χ0) is 19.5. The molecule has 1 saturated heterocycles. The Morgan fingerprint density at radius 2 is 2.25 bits per heavy atom. The van der Waals surface area contributed by atoms with Crippen LogP contribution < -0.4 is 10.2 Å². The fourth-order valence-electron chi connectivity index (χ4n) is 3.63. The van der Waals surface area contributed by atoms with E-state index in [4.69, 9.17) is 4.74 Å². The van der Waals surface area contributed by atoms with Crippen molar-refractivity contribution in [3.8, 4) is 0 Å². The molecule has 28 heavy (non-hydrogen) atoms. The van der Waals surface area contributed by atoms with E-state index in [9.17, 15) is 9.18 Å². The molecule has 1 amide bonds. The first-order chi connectivity index (χ1) is 13.7. The normalized spacial score (nSPS) is 16.6. The number of aromatic nitrogens is 3. The monoisotopic (exact) mass is 383 g/mol. The van der Waals surface area contributed by atoms with Crippen molar-refractivity contribution in [3.05, 3.63) is 59.7 Å². The van der Waals surface area contributed by atoms with Gasteiger partial charge >= 0.3 is 0 Å². The van der Waals surface area contributed by atoms with Crippen LogP contribution in [0.15, 0.2) is 42.6 Å². The fraction of sp³-hybridized carbons (Fsp3) is 0.350. The van der Waals surface area contributed by atoms with Gasteiger partial charge in [0.25, 0.3) is 5.91 Å². The molecule has 1 unspecified atom stereocenters. The quantitative estimate of drug-likeness (QED) is 0.663. The molecule has 146 valence electrons. The molecule has 4 rings (SSSR count). The van der Waals surface area contributed by atoms with E-state index in [1.165, 1.54) is 12.3 Å². The van der Waals surface area contributed by atoms with Gasteiger partial charge in [0.15, 0.2) is 11.3 Å². The van der Waals surface area contributed by atoms with Crippen LogP contribution in [0.25, 0.3) is 5.65 Å². The summed E-state index contributed by atoms with van der Waals surface area (Å²) in [6.07, 6.45) is 3.44. The Bertz CT molecular complexity index is 990. The Hall–Kier alpha value is -3.00. The summed E-state index contributed by atoms with van der Waals surface area (Å²) in [7, 11) is 1.58. The van der Waals surface area contributed by atoms with Crippen molar-refractivity contribution in [1.29, 1.82) is 0 Å². The molecule has 0 spiro atoms. The molecule has 2 aromatic heterocycles. The van der Waals surface area contributed by atoms with Crippen molar-refractivity contribution >= 4 is 17.4 Å². The number of nitrogens with one attached hydrogen (secondary N) is 1. The Balaban J connectivity index is 1.63. The average Bonchev–Trinajstić information content (AvgIpc) is 3.34. The van der Waals surface area contributed by atoms with Crippen molar-refractivity contribution in [2.45, 2.75) is 18.9 Å². The summed E-state index contributed by atoms with van der Waals surface area (Å²) >= 11 is 0. The number of amides is 1. The maximum absolute atomic E-state index is 13.7. The summed E-state index contributed by atoms with van der Waals surface area (Å²) in [5.41, 5.74) is 1.90. The molecule has 3 heterocycles. The van der Waals surface area contributed by atoms with E-state index in [2.05, 4.69) is 20.3 Å². The van der Waals surface area contributed by atoms with Crippen LogP contribution in [0.4, 0.5) is 10.2 Å². The Morgan fingerprint density at radius 3 is 3.07 bits per heavy atom. The number of fused-ring (bicyclic) bond motifs is 1. The molecule has 0 aliphatic carbocycles. The second-order valence-corrected chi connectivity index (χ2v) is 6.76. The van der Waals surface area contributed by atoms with Crippen LogP contribution in [0.2, 0.25) is 0 Å². The van der Waals surface area contributed by atoms with Crippen LogP contribution in [0.1, 0.15) is 34.9 Å². The first-order valence-corrected chi connectivity index (χ1v) is 9.31. The average molecular weight is 383 g/mol. The van der Waals surface area contributed by atoms with Crippen molar-refractivity contribution < 1.29 is 13.9 Å². The van der Waals surface area contributed by atoms with Crippen molar-refractivity contribution in [3.63, 3.8) is 0 Å². The zero-order valence-corrected chi connectivity index (χ0v) is 15.6. The minimum absolute atomic E-state index is 0.0585. The van der Waals surface area contributed by atoms with Crippen LogP contribution >= 0.6 is 0 Å². The number of hydrogen-bond donors (Lipinski definition) is 1. The summed E-state index contributed by atoms with van der Waals surface area (Å²) in [6.45, 7) is 1.67. The van der Waals surface area contributed by atoms with E-state index in [0.29, 0.717) is 24.5 Å². The van der Waals surface area contributed by atoms with Crippen LogP contribution in [0.5, 0.6) is 0 Å². The predicted molar refractivity (Wildman–Crippen MR) is 103 cm³/mol. The van der Waals surface area contributed by atoms with Gasteiger partial charge in [0, 0.05) is 20.2 Å². The van der Waals surface area contributed by atoms with Crippen LogP contribution in [0.3, 0.4) is 0 Å². The molecule has 1 fully saturated rings. The van der Waals surface area contributed by atoms with Crippen molar-refractivity contribution in [2.75, 3.05) is 31.7 Å². The lowest BCUT2D eigenvalue weighted by atomic mass is 10.0. The van der Waals surface area contributed by atoms with Gasteiger partial charge in [-0.15, -0.1) is 5.10 Å². The van der Waals surface area contributed by atoms with Gasteiger partial charge in [0.05, 0.1) is 18.8 Å². The highest BCUT2D eigenvalue weighted by molar-refractivity contribution is 5.93. The zero-order valence-electron chi connectivity index (χ0n) is 15.6. The van der Waals surface area contributed by atoms with Gasteiger partial charge in [0.2, 0.25) is 0 Å². The number of benzene rings is 1. The van der Waals surface area contributed by atoms with Gasteiger partial charge in [0.1, 0.15) is 11.6 Å². The lowest BCUT2D eigenvalue weighted by molar-refractivity contribution is 0.0930. The molecule has 7 nitrogen and oxygen atoms in total. The third-order valence-electron chi connectivity index (χ3n) is 4.95. The van der Waals surface area contributed by atoms with Crippen LogP contribution in [-0.4, -0.2) is 47.3 Å². The highest BCUT2D eigenvalue weighted by atomic mass is 19.1. The number of imidazole rings is 1. The molecule has 1 aromatic carbocycles. The number of halogens is 1. The third-order valence-corrected chi connectivity index (χ3v) is 4.95. The second kappa shape index (κ2) is 7.93. The van der Waals surface area contributed by atoms with E-state index in [1.54, 1.807) is 23.8 Å². The standard InChI is InChI=1S/C20H22FN5O2/c1-28-11-9-22-20(27)17-13-23-18-7-8-19(24-26(17)18)25-10-3-6-16(25)14-4-2-5-15(21)12-14/h2,4-5,7-8,12-13,16H,3,6,9-11H2,1H3,(H,22,27). The number of nitrogens with zero attached hydrogens (tertiary/aromatic N) is 4.